The van der Waals surface area contributed by atoms with Crippen LogP contribution in [0.2, 0.25) is 0 Å². The number of carbonyl (C=O) groups is 1. The van der Waals surface area contributed by atoms with Gasteiger partial charge >= 0.3 is 0 Å². The number of nitrogens with zero attached hydrogens (tertiary/aromatic N) is 1. The molecule has 0 aliphatic rings. The second kappa shape index (κ2) is 31.7. The number of hydrogen-bond donors (Lipinski definition) is 0. The average molecular weight is 566 g/mol. The Labute approximate surface area is 238 Å². The van der Waals surface area contributed by atoms with E-state index in [1.165, 1.54) is 0 Å². The highest BCUT2D eigenvalue weighted by Gasteiger charge is 2.13. The Hall–Kier alpha value is -0.850. The second-order valence-corrected chi connectivity index (χ2v) is 9.57. The predicted octanol–water partition coefficient (Wildman–Crippen LogP) is 3.59. The van der Waals surface area contributed by atoms with Crippen molar-refractivity contribution < 1.29 is 42.7 Å². The van der Waals surface area contributed by atoms with Crippen molar-refractivity contribution in [2.24, 2.45) is 5.92 Å². The van der Waals surface area contributed by atoms with Crippen LogP contribution >= 0.6 is 0 Å². The average Bonchev–Trinajstić information content (AvgIpc) is 2.92. The third-order valence-electron chi connectivity index (χ3n) is 5.51. The van der Waals surface area contributed by atoms with Crippen molar-refractivity contribution in [3.05, 3.63) is 0 Å². The summed E-state index contributed by atoms with van der Waals surface area (Å²) in [4.78, 5) is 14.6. The van der Waals surface area contributed by atoms with E-state index in [-0.39, 0.29) is 5.91 Å². The van der Waals surface area contributed by atoms with E-state index >= 15 is 0 Å². The van der Waals surface area contributed by atoms with E-state index < -0.39 is 0 Å². The molecule has 0 saturated heterocycles. The number of unbranched alkanes of at least 4 members (excludes halogenated alkanes) is 1. The van der Waals surface area contributed by atoms with E-state index in [1.54, 1.807) is 4.90 Å². The van der Waals surface area contributed by atoms with Gasteiger partial charge in [0.15, 0.2) is 0 Å². The molecule has 0 bridgehead atoms. The first-order chi connectivity index (χ1) is 19.1. The molecule has 0 N–H and O–H groups in total. The first-order valence-electron chi connectivity index (χ1n) is 15.0. The molecule has 0 atom stereocenters. The number of ether oxygens (including phenoxy) is 8. The zero-order valence-corrected chi connectivity index (χ0v) is 25.5. The van der Waals surface area contributed by atoms with Crippen LogP contribution in [0, 0.1) is 5.92 Å². The van der Waals surface area contributed by atoms with Gasteiger partial charge in [-0.1, -0.05) is 34.1 Å². The molecular weight excluding hydrogens is 506 g/mol. The molecule has 0 aromatic heterocycles. The second-order valence-electron chi connectivity index (χ2n) is 9.57. The van der Waals surface area contributed by atoms with Gasteiger partial charge in [0.05, 0.1) is 92.3 Å². The van der Waals surface area contributed by atoms with E-state index in [9.17, 15) is 4.79 Å². The summed E-state index contributed by atoms with van der Waals surface area (Å²) < 4.78 is 44.3. The van der Waals surface area contributed by atoms with Gasteiger partial charge in [0, 0.05) is 32.9 Å². The van der Waals surface area contributed by atoms with Gasteiger partial charge in [-0.25, -0.2) is 0 Å². The summed E-state index contributed by atoms with van der Waals surface area (Å²) in [6.45, 7) is 18.4. The lowest BCUT2D eigenvalue weighted by Crippen LogP contribution is -2.37. The van der Waals surface area contributed by atoms with Crippen LogP contribution < -0.4 is 0 Å². The van der Waals surface area contributed by atoms with E-state index in [2.05, 4.69) is 27.7 Å². The molecule has 0 rings (SSSR count). The zero-order chi connectivity index (χ0) is 28.7. The molecule has 1 amide bonds. The number of amides is 1. The molecule has 0 aromatic rings. The molecule has 0 saturated carbocycles. The number of carbonyl (C=O) groups excluding carboxylic acids is 1. The Morgan fingerprint density at radius 1 is 0.513 bits per heavy atom. The standard InChI is InChI=1S/C29H59NO9/c1-5-7-13-33-19-25-39-27-23-37-17-11-30(10-16-36-22-26-38-24-18-32-12-6-2)29(31)9-15-35-21-20-34-14-8-28(3)4/h28H,5-27H2,1-4H3. The Balaban J connectivity index is 4.07. The van der Waals surface area contributed by atoms with Crippen LogP contribution in [0.15, 0.2) is 0 Å². The molecule has 234 valence electrons. The van der Waals surface area contributed by atoms with Crippen LogP contribution in [0.5, 0.6) is 0 Å². The van der Waals surface area contributed by atoms with Crippen molar-refractivity contribution >= 4 is 5.91 Å². The fraction of sp³-hybridized carbons (Fsp3) is 0.966. The summed E-state index contributed by atoms with van der Waals surface area (Å²) in [5.41, 5.74) is 0. The topological polar surface area (TPSA) is 94.2 Å². The van der Waals surface area contributed by atoms with Gasteiger partial charge in [0.25, 0.3) is 0 Å². The summed E-state index contributed by atoms with van der Waals surface area (Å²) in [7, 11) is 0. The molecule has 0 heterocycles. The first kappa shape index (κ1) is 38.1. The monoisotopic (exact) mass is 565 g/mol. The van der Waals surface area contributed by atoms with Crippen LogP contribution in [-0.2, 0) is 42.7 Å². The highest BCUT2D eigenvalue weighted by Crippen LogP contribution is 2.00. The molecule has 0 aliphatic carbocycles. The first-order valence-corrected chi connectivity index (χ1v) is 15.0. The van der Waals surface area contributed by atoms with Crippen molar-refractivity contribution in [1.82, 2.24) is 4.90 Å². The Kier molecular flexibility index (Phi) is 31.0. The minimum Gasteiger partial charge on any atom is -0.379 e. The Morgan fingerprint density at radius 2 is 0.923 bits per heavy atom. The molecule has 0 spiro atoms. The molecule has 0 fully saturated rings. The maximum absolute atomic E-state index is 12.8. The van der Waals surface area contributed by atoms with Crippen LogP contribution in [0.25, 0.3) is 0 Å². The van der Waals surface area contributed by atoms with Crippen LogP contribution in [0.4, 0.5) is 0 Å². The highest BCUT2D eigenvalue weighted by atomic mass is 16.6. The number of rotatable bonds is 32. The van der Waals surface area contributed by atoms with E-state index in [4.69, 9.17) is 37.9 Å². The highest BCUT2D eigenvalue weighted by molar-refractivity contribution is 5.76. The fourth-order valence-corrected chi connectivity index (χ4v) is 3.14. The minimum absolute atomic E-state index is 0.0210. The molecule has 0 unspecified atom stereocenters. The molecule has 0 aromatic carbocycles. The molecule has 0 radical (unpaired) electrons. The van der Waals surface area contributed by atoms with Crippen molar-refractivity contribution in [3.63, 3.8) is 0 Å². The van der Waals surface area contributed by atoms with E-state index in [1.807, 2.05) is 0 Å². The third-order valence-corrected chi connectivity index (χ3v) is 5.51. The van der Waals surface area contributed by atoms with E-state index in [0.717, 1.165) is 45.5 Å². The van der Waals surface area contributed by atoms with Gasteiger partial charge in [-0.2, -0.15) is 0 Å². The predicted molar refractivity (Wildman–Crippen MR) is 152 cm³/mol. The van der Waals surface area contributed by atoms with Gasteiger partial charge in [-0.15, -0.1) is 0 Å². The Morgan fingerprint density at radius 3 is 1.38 bits per heavy atom. The van der Waals surface area contributed by atoms with Crippen molar-refractivity contribution in [1.29, 1.82) is 0 Å². The van der Waals surface area contributed by atoms with Gasteiger partial charge < -0.3 is 42.8 Å². The molecule has 10 nitrogen and oxygen atoms in total. The third kappa shape index (κ3) is 29.9. The van der Waals surface area contributed by atoms with Gasteiger partial charge in [0.1, 0.15) is 0 Å². The number of hydrogen-bond acceptors (Lipinski definition) is 9. The lowest BCUT2D eigenvalue weighted by molar-refractivity contribution is -0.134. The van der Waals surface area contributed by atoms with Crippen LogP contribution in [-0.4, -0.2) is 130 Å². The summed E-state index contributed by atoms with van der Waals surface area (Å²) in [5, 5.41) is 0. The summed E-state index contributed by atoms with van der Waals surface area (Å²) in [6.07, 6.45) is 4.56. The maximum atomic E-state index is 12.8. The smallest absolute Gasteiger partial charge is 0.225 e. The van der Waals surface area contributed by atoms with Gasteiger partial charge in [0.2, 0.25) is 5.91 Å². The van der Waals surface area contributed by atoms with Crippen LogP contribution in [0.3, 0.4) is 0 Å². The normalized spacial score (nSPS) is 11.5. The van der Waals surface area contributed by atoms with Crippen molar-refractivity contribution in [2.75, 3.05) is 119 Å². The van der Waals surface area contributed by atoms with Crippen LogP contribution in [0.1, 0.15) is 59.8 Å². The van der Waals surface area contributed by atoms with Gasteiger partial charge in [-0.3, -0.25) is 4.79 Å². The fourth-order valence-electron chi connectivity index (χ4n) is 3.14. The minimum atomic E-state index is 0.0210. The van der Waals surface area contributed by atoms with E-state index in [0.29, 0.717) is 111 Å². The quantitative estimate of drug-likeness (QED) is 0.113. The zero-order valence-electron chi connectivity index (χ0n) is 25.5. The summed E-state index contributed by atoms with van der Waals surface area (Å²) in [5.74, 6) is 0.648. The summed E-state index contributed by atoms with van der Waals surface area (Å²) >= 11 is 0. The lowest BCUT2D eigenvalue weighted by Gasteiger charge is -2.23. The van der Waals surface area contributed by atoms with Crippen molar-refractivity contribution in [3.8, 4) is 0 Å². The molecular formula is C29H59NO9. The van der Waals surface area contributed by atoms with Crippen molar-refractivity contribution in [2.45, 2.75) is 59.8 Å². The molecule has 0 aliphatic heterocycles. The Bertz CT molecular complexity index is 497. The SMILES string of the molecule is CCCCOCCOCCOCCN(CCOCCOCCOCCC)C(=O)CCOCCOCCC(C)C. The molecule has 39 heavy (non-hydrogen) atoms. The lowest BCUT2D eigenvalue weighted by atomic mass is 10.1. The maximum Gasteiger partial charge on any atom is 0.225 e. The molecule has 10 heteroatoms. The largest absolute Gasteiger partial charge is 0.379 e. The van der Waals surface area contributed by atoms with Gasteiger partial charge in [-0.05, 0) is 25.2 Å². The summed E-state index contributed by atoms with van der Waals surface area (Å²) in [6, 6.07) is 0.